The van der Waals surface area contributed by atoms with Crippen LogP contribution in [0.2, 0.25) is 0 Å². The fourth-order valence-electron chi connectivity index (χ4n) is 3.71. The number of fused-ring (bicyclic) bond motifs is 2. The molecule has 0 saturated heterocycles. The molecule has 3 aromatic carbocycles. The van der Waals surface area contributed by atoms with Crippen LogP contribution in [0.25, 0.3) is 10.8 Å². The van der Waals surface area contributed by atoms with E-state index in [1.807, 2.05) is 24.3 Å². The van der Waals surface area contributed by atoms with Crippen LogP contribution >= 0.6 is 11.3 Å². The third-order valence-corrected chi connectivity index (χ3v) is 5.93. The predicted octanol–water partition coefficient (Wildman–Crippen LogP) is 6.11. The Morgan fingerprint density at radius 1 is 1.00 bits per heavy atom. The van der Waals surface area contributed by atoms with E-state index in [-0.39, 0.29) is 0 Å². The van der Waals surface area contributed by atoms with Gasteiger partial charge in [0.2, 0.25) is 0 Å². The Morgan fingerprint density at radius 3 is 2.64 bits per heavy atom. The number of benzene rings is 3. The van der Waals surface area contributed by atoms with E-state index in [0.29, 0.717) is 13.2 Å². The highest BCUT2D eigenvalue weighted by atomic mass is 32.1. The van der Waals surface area contributed by atoms with Crippen molar-refractivity contribution in [3.05, 3.63) is 93.7 Å². The van der Waals surface area contributed by atoms with Crippen molar-refractivity contribution in [1.82, 2.24) is 0 Å². The van der Waals surface area contributed by atoms with E-state index in [2.05, 4.69) is 47.8 Å². The van der Waals surface area contributed by atoms with Gasteiger partial charge in [0.1, 0.15) is 5.75 Å². The summed E-state index contributed by atoms with van der Waals surface area (Å²) in [5.74, 6) is 0.830. The van der Waals surface area contributed by atoms with Gasteiger partial charge in [-0.3, -0.25) is 0 Å². The number of aliphatic imine (C=N–C) groups is 1. The minimum atomic E-state index is 0.627. The summed E-state index contributed by atoms with van der Waals surface area (Å²) in [4.78, 5) is 6.24. The number of rotatable bonds is 4. The van der Waals surface area contributed by atoms with Crippen LogP contribution in [-0.2, 0) is 18.0 Å². The molecule has 0 bridgehead atoms. The van der Waals surface area contributed by atoms with Crippen molar-refractivity contribution < 1.29 is 9.47 Å². The number of nitrogens with zero attached hydrogens (tertiary/aromatic N) is 1. The Balaban J connectivity index is 1.78. The van der Waals surface area contributed by atoms with Gasteiger partial charge < -0.3 is 9.47 Å². The lowest BCUT2D eigenvalue weighted by Crippen LogP contribution is -2.07. The van der Waals surface area contributed by atoms with E-state index < -0.39 is 0 Å². The summed E-state index contributed by atoms with van der Waals surface area (Å²) in [7, 11) is 1.68. The molecule has 0 N–H and O–H groups in total. The minimum absolute atomic E-state index is 0.627. The number of methoxy groups -OCH3 is 1. The molecule has 1 aliphatic heterocycles. The van der Waals surface area contributed by atoms with Crippen LogP contribution in [-0.4, -0.2) is 12.8 Å². The van der Waals surface area contributed by atoms with Crippen LogP contribution in [0.15, 0.2) is 77.1 Å². The van der Waals surface area contributed by atoms with E-state index in [4.69, 9.17) is 14.5 Å². The van der Waals surface area contributed by atoms with Gasteiger partial charge >= 0.3 is 0 Å². The number of hydrogen-bond acceptors (Lipinski definition) is 4. The highest BCUT2D eigenvalue weighted by Crippen LogP contribution is 2.35. The van der Waals surface area contributed by atoms with Gasteiger partial charge in [-0.15, -0.1) is 11.3 Å². The van der Waals surface area contributed by atoms with Crippen LogP contribution in [0, 0.1) is 0 Å². The van der Waals surface area contributed by atoms with Crippen molar-refractivity contribution in [2.45, 2.75) is 13.2 Å². The number of hydrogen-bond donors (Lipinski definition) is 0. The van der Waals surface area contributed by atoms with E-state index in [1.165, 1.54) is 27.5 Å². The number of ether oxygens (including phenoxy) is 2. The van der Waals surface area contributed by atoms with Gasteiger partial charge in [0.15, 0.2) is 0 Å². The quantitative estimate of drug-likeness (QED) is 0.397. The third kappa shape index (κ3) is 3.01. The summed E-state index contributed by atoms with van der Waals surface area (Å²) in [6.07, 6.45) is 0. The Labute approximate surface area is 167 Å². The maximum absolute atomic E-state index is 5.81. The summed E-state index contributed by atoms with van der Waals surface area (Å²) in [5.41, 5.74) is 5.60. The summed E-state index contributed by atoms with van der Waals surface area (Å²) < 4.78 is 11.1. The second-order valence-electron chi connectivity index (χ2n) is 6.74. The van der Waals surface area contributed by atoms with Gasteiger partial charge in [-0.25, -0.2) is 4.99 Å². The van der Waals surface area contributed by atoms with Crippen LogP contribution in [0.5, 0.6) is 5.75 Å². The Bertz CT molecular complexity index is 1160. The summed E-state index contributed by atoms with van der Waals surface area (Å²) in [5, 5.41) is 4.54. The van der Waals surface area contributed by atoms with Gasteiger partial charge in [-0.1, -0.05) is 30.3 Å². The fraction of sp³-hybridized carbons (Fsp3) is 0.125. The molecule has 4 aromatic rings. The fourth-order valence-corrected chi connectivity index (χ4v) is 4.43. The SMILES string of the molecule is COc1ccc(N=C(c2cccs2)c2c3c(cc4ccccc24)COC3)cc1. The van der Waals surface area contributed by atoms with E-state index in [9.17, 15) is 0 Å². The Hall–Kier alpha value is -2.95. The molecule has 1 aliphatic rings. The highest BCUT2D eigenvalue weighted by Gasteiger charge is 2.23. The molecule has 0 amide bonds. The van der Waals surface area contributed by atoms with Gasteiger partial charge in [-0.05, 0) is 63.7 Å². The van der Waals surface area contributed by atoms with Gasteiger partial charge in [0.05, 0.1) is 36.6 Å². The van der Waals surface area contributed by atoms with Crippen molar-refractivity contribution in [2.75, 3.05) is 7.11 Å². The van der Waals surface area contributed by atoms with Crippen molar-refractivity contribution in [3.63, 3.8) is 0 Å². The lowest BCUT2D eigenvalue weighted by Gasteiger charge is -2.14. The zero-order valence-electron chi connectivity index (χ0n) is 15.5. The second-order valence-corrected chi connectivity index (χ2v) is 7.69. The maximum Gasteiger partial charge on any atom is 0.119 e. The molecule has 138 valence electrons. The van der Waals surface area contributed by atoms with Gasteiger partial charge in [0.25, 0.3) is 0 Å². The third-order valence-electron chi connectivity index (χ3n) is 5.06. The standard InChI is InChI=1S/C24H19NO2S/c1-26-19-10-8-18(9-11-19)25-24(22-7-4-12-28-22)23-20-6-3-2-5-16(20)13-17-14-27-15-21(17)23/h2-13H,14-15H2,1H3. The van der Waals surface area contributed by atoms with Crippen LogP contribution in [0.4, 0.5) is 5.69 Å². The molecule has 5 rings (SSSR count). The topological polar surface area (TPSA) is 30.8 Å². The average Bonchev–Trinajstić information content (AvgIpc) is 3.43. The molecule has 3 nitrogen and oxygen atoms in total. The van der Waals surface area contributed by atoms with Crippen LogP contribution < -0.4 is 4.74 Å². The zero-order chi connectivity index (χ0) is 18.9. The molecule has 2 heterocycles. The van der Waals surface area contributed by atoms with Crippen LogP contribution in [0.3, 0.4) is 0 Å². The minimum Gasteiger partial charge on any atom is -0.497 e. The van der Waals surface area contributed by atoms with Crippen LogP contribution in [0.1, 0.15) is 21.6 Å². The first kappa shape index (κ1) is 17.2. The molecule has 0 spiro atoms. The molecule has 1 aromatic heterocycles. The Kier molecular flexibility index (Phi) is 4.43. The molecule has 0 fully saturated rings. The first-order valence-electron chi connectivity index (χ1n) is 9.22. The van der Waals surface area contributed by atoms with E-state index in [1.54, 1.807) is 18.4 Å². The maximum atomic E-state index is 5.81. The molecule has 4 heteroatoms. The van der Waals surface area contributed by atoms with E-state index >= 15 is 0 Å². The van der Waals surface area contributed by atoms with E-state index in [0.717, 1.165) is 22.0 Å². The smallest absolute Gasteiger partial charge is 0.119 e. The first-order chi connectivity index (χ1) is 13.8. The van der Waals surface area contributed by atoms with Gasteiger partial charge in [-0.2, -0.15) is 0 Å². The molecule has 0 radical (unpaired) electrons. The molecule has 0 atom stereocenters. The second kappa shape index (κ2) is 7.23. The lowest BCUT2D eigenvalue weighted by atomic mass is 9.92. The van der Waals surface area contributed by atoms with Crippen molar-refractivity contribution in [3.8, 4) is 5.75 Å². The molecule has 0 aliphatic carbocycles. The van der Waals surface area contributed by atoms with Crippen molar-refractivity contribution in [1.29, 1.82) is 0 Å². The molecule has 28 heavy (non-hydrogen) atoms. The van der Waals surface area contributed by atoms with Gasteiger partial charge in [0, 0.05) is 5.56 Å². The number of thiophene rings is 1. The lowest BCUT2D eigenvalue weighted by molar-refractivity contribution is 0.134. The normalized spacial score (nSPS) is 13.7. The zero-order valence-corrected chi connectivity index (χ0v) is 16.3. The summed E-state index contributed by atoms with van der Waals surface area (Å²) in [6.45, 7) is 1.29. The first-order valence-corrected chi connectivity index (χ1v) is 10.1. The van der Waals surface area contributed by atoms with Crippen molar-refractivity contribution >= 4 is 33.5 Å². The molecular weight excluding hydrogens is 366 g/mol. The van der Waals surface area contributed by atoms with Crippen molar-refractivity contribution in [2.24, 2.45) is 4.99 Å². The summed E-state index contributed by atoms with van der Waals surface area (Å²) in [6, 6.07) is 22.9. The average molecular weight is 385 g/mol. The Morgan fingerprint density at radius 2 is 1.86 bits per heavy atom. The highest BCUT2D eigenvalue weighted by molar-refractivity contribution is 7.12. The molecule has 0 unspecified atom stereocenters. The monoisotopic (exact) mass is 385 g/mol. The predicted molar refractivity (Wildman–Crippen MR) is 115 cm³/mol. The summed E-state index contributed by atoms with van der Waals surface area (Å²) >= 11 is 1.71. The molecule has 0 saturated carbocycles. The molecular formula is C24H19NO2S. The largest absolute Gasteiger partial charge is 0.497 e.